The van der Waals surface area contributed by atoms with Crippen molar-refractivity contribution in [1.82, 2.24) is 10.2 Å². The van der Waals surface area contributed by atoms with Gasteiger partial charge in [-0.25, -0.2) is 0 Å². The molecule has 2 N–H and O–H groups in total. The van der Waals surface area contributed by atoms with Crippen LogP contribution in [0.3, 0.4) is 0 Å². The van der Waals surface area contributed by atoms with Crippen molar-refractivity contribution < 1.29 is 4.79 Å². The van der Waals surface area contributed by atoms with E-state index in [1.807, 2.05) is 30.3 Å². The maximum Gasteiger partial charge on any atom is 0.225 e. The highest BCUT2D eigenvalue weighted by Gasteiger charge is 2.07. The van der Waals surface area contributed by atoms with Crippen molar-refractivity contribution in [2.75, 3.05) is 22.9 Å². The van der Waals surface area contributed by atoms with Gasteiger partial charge >= 0.3 is 0 Å². The highest BCUT2D eigenvalue weighted by molar-refractivity contribution is 8.01. The predicted molar refractivity (Wildman–Crippen MR) is 107 cm³/mol. The van der Waals surface area contributed by atoms with E-state index in [4.69, 9.17) is 0 Å². The summed E-state index contributed by atoms with van der Waals surface area (Å²) in [6.07, 6.45) is 1.43. The summed E-state index contributed by atoms with van der Waals surface area (Å²) >= 11 is 4.85. The van der Waals surface area contributed by atoms with E-state index in [2.05, 4.69) is 38.3 Å². The molecule has 5 nitrogen and oxygen atoms in total. The Bertz CT molecular complexity index is 774. The zero-order valence-corrected chi connectivity index (χ0v) is 15.9. The number of aromatic nitrogens is 2. The molecular weight excluding hydrogens is 372 g/mol. The molecule has 1 aromatic carbocycles. The second kappa shape index (κ2) is 9.55. The molecule has 0 unspecified atom stereocenters. The number of thiophene rings is 1. The van der Waals surface area contributed by atoms with Gasteiger partial charge in [-0.2, -0.15) is 0 Å². The Morgan fingerprint density at radius 3 is 2.80 bits per heavy atom. The fraction of sp³-hybridized carbons (Fsp3) is 0.235. The molecule has 3 aromatic rings. The van der Waals surface area contributed by atoms with E-state index in [0.717, 1.165) is 28.1 Å². The minimum Gasteiger partial charge on any atom is -0.360 e. The standard InChI is InChI=1S/C17H18N4OS3/c22-15(19-13-5-2-1-3-6-13)9-12-24-17-21-20-16(25-17)18-10-8-14-7-4-11-23-14/h1-7,11H,8-10,12H2,(H,18,20)(H,19,22). The van der Waals surface area contributed by atoms with Gasteiger partial charge in [0.15, 0.2) is 4.34 Å². The number of nitrogens with one attached hydrogen (secondary N) is 2. The number of nitrogens with zero attached hydrogens (tertiary/aromatic N) is 2. The third-order valence-corrected chi connectivity index (χ3v) is 6.20. The topological polar surface area (TPSA) is 66.9 Å². The first-order valence-electron chi connectivity index (χ1n) is 7.87. The summed E-state index contributed by atoms with van der Waals surface area (Å²) in [6.45, 7) is 0.847. The number of anilines is 2. The average molecular weight is 391 g/mol. The summed E-state index contributed by atoms with van der Waals surface area (Å²) in [7, 11) is 0. The second-order valence-electron chi connectivity index (χ2n) is 5.14. The van der Waals surface area contributed by atoms with Crippen molar-refractivity contribution >= 4 is 51.2 Å². The molecule has 0 atom stereocenters. The van der Waals surface area contributed by atoms with Crippen LogP contribution < -0.4 is 10.6 Å². The van der Waals surface area contributed by atoms with Gasteiger partial charge in [0.25, 0.3) is 0 Å². The van der Waals surface area contributed by atoms with Crippen molar-refractivity contribution in [3.8, 4) is 0 Å². The second-order valence-corrected chi connectivity index (χ2v) is 8.49. The third-order valence-electron chi connectivity index (χ3n) is 3.25. The molecule has 25 heavy (non-hydrogen) atoms. The van der Waals surface area contributed by atoms with Crippen molar-refractivity contribution in [3.63, 3.8) is 0 Å². The molecule has 0 saturated heterocycles. The Balaban J connectivity index is 1.34. The number of carbonyl (C=O) groups excluding carboxylic acids is 1. The largest absolute Gasteiger partial charge is 0.360 e. The molecule has 1 amide bonds. The molecule has 2 heterocycles. The zero-order valence-electron chi connectivity index (χ0n) is 13.5. The number of hydrogen-bond acceptors (Lipinski definition) is 7. The van der Waals surface area contributed by atoms with Gasteiger partial charge in [-0.15, -0.1) is 21.5 Å². The monoisotopic (exact) mass is 390 g/mol. The van der Waals surface area contributed by atoms with E-state index in [9.17, 15) is 4.79 Å². The van der Waals surface area contributed by atoms with Crippen LogP contribution in [0.4, 0.5) is 10.8 Å². The fourth-order valence-electron chi connectivity index (χ4n) is 2.06. The normalized spacial score (nSPS) is 10.6. The van der Waals surface area contributed by atoms with Crippen LogP contribution in [0.5, 0.6) is 0 Å². The highest BCUT2D eigenvalue weighted by atomic mass is 32.2. The van der Waals surface area contributed by atoms with Gasteiger partial charge in [0, 0.05) is 29.3 Å². The number of hydrogen-bond donors (Lipinski definition) is 2. The van der Waals surface area contributed by atoms with Crippen LogP contribution in [-0.2, 0) is 11.2 Å². The lowest BCUT2D eigenvalue weighted by Crippen LogP contribution is -2.11. The van der Waals surface area contributed by atoms with Crippen LogP contribution >= 0.6 is 34.4 Å². The fourth-order valence-corrected chi connectivity index (χ4v) is 4.56. The van der Waals surface area contributed by atoms with E-state index in [-0.39, 0.29) is 5.91 Å². The van der Waals surface area contributed by atoms with Gasteiger partial charge < -0.3 is 10.6 Å². The highest BCUT2D eigenvalue weighted by Crippen LogP contribution is 2.26. The van der Waals surface area contributed by atoms with Crippen LogP contribution in [0, 0.1) is 0 Å². The Hall–Kier alpha value is -1.90. The minimum atomic E-state index is 0.0116. The lowest BCUT2D eigenvalue weighted by molar-refractivity contribution is -0.115. The Morgan fingerprint density at radius 1 is 1.12 bits per heavy atom. The number of thioether (sulfide) groups is 1. The number of para-hydroxylation sites is 1. The van der Waals surface area contributed by atoms with Gasteiger partial charge in [0.2, 0.25) is 11.0 Å². The minimum absolute atomic E-state index is 0.0116. The van der Waals surface area contributed by atoms with Gasteiger partial charge in [0.05, 0.1) is 0 Å². The van der Waals surface area contributed by atoms with E-state index in [1.54, 1.807) is 23.1 Å². The molecule has 2 aromatic heterocycles. The molecule has 0 saturated carbocycles. The number of rotatable bonds is 9. The zero-order chi connectivity index (χ0) is 17.3. The van der Waals surface area contributed by atoms with Gasteiger partial charge in [0.1, 0.15) is 0 Å². The lowest BCUT2D eigenvalue weighted by atomic mass is 10.3. The van der Waals surface area contributed by atoms with Gasteiger partial charge in [-0.3, -0.25) is 4.79 Å². The Kier molecular flexibility index (Phi) is 6.84. The molecule has 0 spiro atoms. The molecule has 0 aliphatic carbocycles. The van der Waals surface area contributed by atoms with Crippen LogP contribution in [0.15, 0.2) is 52.2 Å². The summed E-state index contributed by atoms with van der Waals surface area (Å²) in [5, 5.41) is 17.4. The smallest absolute Gasteiger partial charge is 0.225 e. The van der Waals surface area contributed by atoms with E-state index >= 15 is 0 Å². The van der Waals surface area contributed by atoms with Crippen LogP contribution in [-0.4, -0.2) is 28.4 Å². The predicted octanol–water partition coefficient (Wildman–Crippen LogP) is 4.38. The maximum absolute atomic E-state index is 11.9. The number of amides is 1. The molecule has 8 heteroatoms. The molecule has 3 rings (SSSR count). The SMILES string of the molecule is O=C(CCSc1nnc(NCCc2cccs2)s1)Nc1ccccc1. The Morgan fingerprint density at radius 2 is 2.00 bits per heavy atom. The van der Waals surface area contributed by atoms with Crippen molar-refractivity contribution in [1.29, 1.82) is 0 Å². The molecular formula is C17H18N4OS3. The van der Waals surface area contributed by atoms with Crippen LogP contribution in [0.1, 0.15) is 11.3 Å². The number of carbonyl (C=O) groups is 1. The van der Waals surface area contributed by atoms with E-state index in [1.165, 1.54) is 16.2 Å². The molecule has 130 valence electrons. The van der Waals surface area contributed by atoms with Crippen molar-refractivity contribution in [3.05, 3.63) is 52.7 Å². The Labute approximate surface area is 158 Å². The lowest BCUT2D eigenvalue weighted by Gasteiger charge is -2.03. The first-order valence-corrected chi connectivity index (χ1v) is 10.6. The summed E-state index contributed by atoms with van der Waals surface area (Å²) in [5.41, 5.74) is 0.825. The number of benzene rings is 1. The van der Waals surface area contributed by atoms with Crippen LogP contribution in [0.2, 0.25) is 0 Å². The molecule has 0 radical (unpaired) electrons. The quantitative estimate of drug-likeness (QED) is 0.531. The average Bonchev–Trinajstić information content (AvgIpc) is 3.28. The first-order chi connectivity index (χ1) is 12.3. The van der Waals surface area contributed by atoms with Gasteiger partial charge in [-0.1, -0.05) is 47.4 Å². The third kappa shape index (κ3) is 6.15. The summed E-state index contributed by atoms with van der Waals surface area (Å²) < 4.78 is 0.881. The summed E-state index contributed by atoms with van der Waals surface area (Å²) in [6, 6.07) is 13.7. The van der Waals surface area contributed by atoms with Gasteiger partial charge in [-0.05, 0) is 30.0 Å². The molecule has 0 aliphatic rings. The summed E-state index contributed by atoms with van der Waals surface area (Å²) in [5.74, 6) is 0.695. The van der Waals surface area contributed by atoms with E-state index < -0.39 is 0 Å². The van der Waals surface area contributed by atoms with E-state index in [0.29, 0.717) is 12.2 Å². The van der Waals surface area contributed by atoms with Crippen molar-refractivity contribution in [2.45, 2.75) is 17.2 Å². The maximum atomic E-state index is 11.9. The first kappa shape index (κ1) is 17.9. The van der Waals surface area contributed by atoms with Crippen molar-refractivity contribution in [2.24, 2.45) is 0 Å². The van der Waals surface area contributed by atoms with Crippen LogP contribution in [0.25, 0.3) is 0 Å². The molecule has 0 fully saturated rings. The molecule has 0 bridgehead atoms. The molecule has 0 aliphatic heterocycles. The summed E-state index contributed by atoms with van der Waals surface area (Å²) in [4.78, 5) is 13.3.